The van der Waals surface area contributed by atoms with Crippen LogP contribution in [0.2, 0.25) is 0 Å². The third-order valence-corrected chi connectivity index (χ3v) is 4.44. The molecule has 1 saturated carbocycles. The summed E-state index contributed by atoms with van der Waals surface area (Å²) in [4.78, 5) is 4.27. The molecule has 0 saturated heterocycles. The van der Waals surface area contributed by atoms with E-state index in [1.807, 2.05) is 13.1 Å². The van der Waals surface area contributed by atoms with Crippen molar-refractivity contribution in [3.63, 3.8) is 0 Å². The first-order valence-electron chi connectivity index (χ1n) is 7.59. The minimum Gasteiger partial charge on any atom is -0.492 e. The lowest BCUT2D eigenvalue weighted by molar-refractivity contribution is 0.161. The number of hydrazine groups is 1. The number of nitrogens with one attached hydrogen (secondary N) is 1. The lowest BCUT2D eigenvalue weighted by Crippen LogP contribution is -2.36. The topological polar surface area (TPSA) is 60.2 Å². The molecule has 0 bridgehead atoms. The largest absolute Gasteiger partial charge is 0.492 e. The van der Waals surface area contributed by atoms with E-state index in [1.165, 1.54) is 25.7 Å². The number of nitrogens with zero attached hydrogens (tertiary/aromatic N) is 1. The fraction of sp³-hybridized carbons (Fsp3) is 0.688. The van der Waals surface area contributed by atoms with Crippen LogP contribution in [0.3, 0.4) is 0 Å². The van der Waals surface area contributed by atoms with Crippen molar-refractivity contribution < 1.29 is 4.74 Å². The van der Waals surface area contributed by atoms with Gasteiger partial charge in [0.1, 0.15) is 5.75 Å². The first kappa shape index (κ1) is 15.3. The Morgan fingerprint density at radius 2 is 2.10 bits per heavy atom. The van der Waals surface area contributed by atoms with Crippen LogP contribution >= 0.6 is 0 Å². The Hall–Kier alpha value is -1.13. The predicted octanol–water partition coefficient (Wildman–Crippen LogP) is 3.20. The van der Waals surface area contributed by atoms with E-state index in [-0.39, 0.29) is 6.04 Å². The van der Waals surface area contributed by atoms with Crippen LogP contribution in [0.15, 0.2) is 18.5 Å². The second-order valence-electron chi connectivity index (χ2n) is 6.53. The van der Waals surface area contributed by atoms with Gasteiger partial charge in [-0.3, -0.25) is 16.3 Å². The first-order chi connectivity index (χ1) is 9.55. The van der Waals surface area contributed by atoms with Crippen molar-refractivity contribution in [1.82, 2.24) is 10.4 Å². The highest BCUT2D eigenvalue weighted by atomic mass is 16.5. The molecule has 1 aliphatic rings. The van der Waals surface area contributed by atoms with E-state index in [0.717, 1.165) is 11.3 Å². The van der Waals surface area contributed by atoms with Crippen LogP contribution < -0.4 is 16.0 Å². The summed E-state index contributed by atoms with van der Waals surface area (Å²) in [5.41, 5.74) is 4.59. The van der Waals surface area contributed by atoms with E-state index in [4.69, 9.17) is 10.6 Å². The minimum absolute atomic E-state index is 0.166. The second kappa shape index (κ2) is 6.55. The van der Waals surface area contributed by atoms with Gasteiger partial charge in [0.15, 0.2) is 0 Å². The number of nitrogens with two attached hydrogens (primary N) is 1. The highest BCUT2D eigenvalue weighted by molar-refractivity contribution is 5.26. The smallest absolute Gasteiger partial charge is 0.137 e. The van der Waals surface area contributed by atoms with Crippen LogP contribution in [0, 0.1) is 11.3 Å². The van der Waals surface area contributed by atoms with E-state index in [9.17, 15) is 0 Å². The fourth-order valence-corrected chi connectivity index (χ4v) is 3.11. The third-order valence-electron chi connectivity index (χ3n) is 4.44. The van der Waals surface area contributed by atoms with Crippen molar-refractivity contribution in [2.45, 2.75) is 52.5 Å². The molecular weight excluding hydrogens is 250 g/mol. The minimum atomic E-state index is 0.166. The Balaban J connectivity index is 2.10. The van der Waals surface area contributed by atoms with Crippen LogP contribution in [0.25, 0.3) is 0 Å². The zero-order valence-electron chi connectivity index (χ0n) is 12.9. The highest BCUT2D eigenvalue weighted by Gasteiger charge is 2.31. The van der Waals surface area contributed by atoms with Gasteiger partial charge in [-0.1, -0.05) is 13.8 Å². The molecule has 2 rings (SSSR count). The van der Waals surface area contributed by atoms with Gasteiger partial charge in [-0.25, -0.2) is 0 Å². The molecule has 1 aromatic heterocycles. The molecule has 0 spiro atoms. The molecule has 1 unspecified atom stereocenters. The number of pyridine rings is 1. The van der Waals surface area contributed by atoms with E-state index < -0.39 is 0 Å². The van der Waals surface area contributed by atoms with Gasteiger partial charge in [0.05, 0.1) is 18.8 Å². The molecule has 1 atom stereocenters. The van der Waals surface area contributed by atoms with E-state index in [1.54, 1.807) is 6.20 Å². The van der Waals surface area contributed by atoms with E-state index in [2.05, 4.69) is 30.3 Å². The van der Waals surface area contributed by atoms with Crippen LogP contribution in [0.4, 0.5) is 0 Å². The molecule has 1 heterocycles. The second-order valence-corrected chi connectivity index (χ2v) is 6.53. The summed E-state index contributed by atoms with van der Waals surface area (Å²) in [6.45, 7) is 7.34. The quantitative estimate of drug-likeness (QED) is 0.641. The molecule has 1 aromatic rings. The van der Waals surface area contributed by atoms with Gasteiger partial charge in [0, 0.05) is 6.20 Å². The molecule has 4 heteroatoms. The third kappa shape index (κ3) is 3.70. The van der Waals surface area contributed by atoms with Crippen molar-refractivity contribution in [2.75, 3.05) is 6.61 Å². The Morgan fingerprint density at radius 3 is 2.70 bits per heavy atom. The maximum Gasteiger partial charge on any atom is 0.137 e. The maximum absolute atomic E-state index is 5.81. The summed E-state index contributed by atoms with van der Waals surface area (Å²) in [6.07, 6.45) is 8.58. The van der Waals surface area contributed by atoms with Crippen molar-refractivity contribution in [3.8, 4) is 5.75 Å². The molecule has 112 valence electrons. The normalized spacial score (nSPS) is 20.6. The molecule has 1 fully saturated rings. The lowest BCUT2D eigenvalue weighted by atomic mass is 9.70. The fourth-order valence-electron chi connectivity index (χ4n) is 3.11. The number of ether oxygens (including phenoxy) is 1. The van der Waals surface area contributed by atoms with Gasteiger partial charge in [-0.15, -0.1) is 0 Å². The molecule has 0 aliphatic heterocycles. The van der Waals surface area contributed by atoms with Gasteiger partial charge < -0.3 is 4.74 Å². The average molecular weight is 277 g/mol. The van der Waals surface area contributed by atoms with Crippen molar-refractivity contribution >= 4 is 0 Å². The number of hydrogen-bond donors (Lipinski definition) is 2. The van der Waals surface area contributed by atoms with Crippen molar-refractivity contribution in [1.29, 1.82) is 0 Å². The van der Waals surface area contributed by atoms with Gasteiger partial charge in [-0.2, -0.15) is 0 Å². The van der Waals surface area contributed by atoms with E-state index in [0.29, 0.717) is 17.9 Å². The van der Waals surface area contributed by atoms with Gasteiger partial charge >= 0.3 is 0 Å². The molecular formula is C16H27N3O. The SMILES string of the molecule is CCOc1cncc(C(NN)C2CCC(C)(C)CC2)c1. The summed E-state index contributed by atoms with van der Waals surface area (Å²) in [6, 6.07) is 2.22. The number of hydrogen-bond acceptors (Lipinski definition) is 4. The Kier molecular flexibility index (Phi) is 5.00. The zero-order valence-corrected chi connectivity index (χ0v) is 12.9. The van der Waals surface area contributed by atoms with Gasteiger partial charge in [-0.05, 0) is 55.6 Å². The summed E-state index contributed by atoms with van der Waals surface area (Å²) in [5, 5.41) is 0. The maximum atomic E-state index is 5.81. The Morgan fingerprint density at radius 1 is 1.40 bits per heavy atom. The molecule has 20 heavy (non-hydrogen) atoms. The summed E-state index contributed by atoms with van der Waals surface area (Å²) in [5.74, 6) is 7.21. The molecule has 4 nitrogen and oxygen atoms in total. The molecule has 0 amide bonds. The first-order valence-corrected chi connectivity index (χ1v) is 7.59. The summed E-state index contributed by atoms with van der Waals surface area (Å²) in [7, 11) is 0. The zero-order chi connectivity index (χ0) is 14.6. The standard InChI is InChI=1S/C16H27N3O/c1-4-20-14-9-13(10-18-11-14)15(19-17)12-5-7-16(2,3)8-6-12/h9-12,15,19H,4-8,17H2,1-3H3. The summed E-state index contributed by atoms with van der Waals surface area (Å²) < 4.78 is 5.53. The van der Waals surface area contributed by atoms with Gasteiger partial charge in [0.25, 0.3) is 0 Å². The average Bonchev–Trinajstić information content (AvgIpc) is 2.42. The van der Waals surface area contributed by atoms with Crippen LogP contribution in [-0.2, 0) is 0 Å². The predicted molar refractivity (Wildman–Crippen MR) is 81.2 cm³/mol. The molecule has 0 aromatic carbocycles. The monoisotopic (exact) mass is 277 g/mol. The Bertz CT molecular complexity index is 423. The lowest BCUT2D eigenvalue weighted by Gasteiger charge is -2.37. The molecule has 1 aliphatic carbocycles. The molecule has 0 radical (unpaired) electrons. The van der Waals surface area contributed by atoms with Crippen LogP contribution in [0.1, 0.15) is 58.1 Å². The number of rotatable bonds is 5. The Labute approximate surface area is 122 Å². The van der Waals surface area contributed by atoms with Crippen molar-refractivity contribution in [3.05, 3.63) is 24.0 Å². The van der Waals surface area contributed by atoms with Crippen molar-refractivity contribution in [2.24, 2.45) is 17.2 Å². The molecule has 3 N–H and O–H groups in total. The summed E-state index contributed by atoms with van der Waals surface area (Å²) >= 11 is 0. The van der Waals surface area contributed by atoms with Gasteiger partial charge in [0.2, 0.25) is 0 Å². The number of aromatic nitrogens is 1. The van der Waals surface area contributed by atoms with E-state index >= 15 is 0 Å². The van der Waals surface area contributed by atoms with Crippen LogP contribution in [0.5, 0.6) is 5.75 Å². The van der Waals surface area contributed by atoms with Crippen LogP contribution in [-0.4, -0.2) is 11.6 Å². The highest BCUT2D eigenvalue weighted by Crippen LogP contribution is 2.42.